The summed E-state index contributed by atoms with van der Waals surface area (Å²) in [7, 11) is 0. The Kier molecular flexibility index (Phi) is 5.03. The Morgan fingerprint density at radius 3 is 2.47 bits per heavy atom. The molecule has 0 amide bonds. The fourth-order valence-corrected chi connectivity index (χ4v) is 1.84. The van der Waals surface area contributed by atoms with Gasteiger partial charge in [0.05, 0.1) is 12.2 Å². The van der Waals surface area contributed by atoms with Crippen molar-refractivity contribution in [2.24, 2.45) is 11.7 Å². The number of hydrogen-bond donors (Lipinski definition) is 1. The van der Waals surface area contributed by atoms with E-state index in [1.807, 2.05) is 0 Å². The first-order valence-electron chi connectivity index (χ1n) is 5.94. The summed E-state index contributed by atoms with van der Waals surface area (Å²) in [5, 5.41) is 0. The number of nitrogens with two attached hydrogens (primary N) is 1. The van der Waals surface area contributed by atoms with Gasteiger partial charge in [-0.1, -0.05) is 0 Å². The molecular weight excluding hydrogens is 190 g/mol. The van der Waals surface area contributed by atoms with Gasteiger partial charge < -0.3 is 15.2 Å². The zero-order chi connectivity index (χ0) is 11.3. The molecule has 0 spiro atoms. The van der Waals surface area contributed by atoms with Crippen molar-refractivity contribution in [3.63, 3.8) is 0 Å². The fraction of sp³-hybridized carbons (Fsp3) is 1.00. The van der Waals surface area contributed by atoms with Crippen molar-refractivity contribution in [1.82, 2.24) is 0 Å². The second-order valence-corrected chi connectivity index (χ2v) is 5.47. The summed E-state index contributed by atoms with van der Waals surface area (Å²) in [5.41, 5.74) is 5.97. The fourth-order valence-electron chi connectivity index (χ4n) is 1.84. The lowest BCUT2D eigenvalue weighted by molar-refractivity contribution is -0.0157. The summed E-state index contributed by atoms with van der Waals surface area (Å²) in [6.45, 7) is 8.66. The van der Waals surface area contributed by atoms with E-state index in [2.05, 4.69) is 20.8 Å². The molecule has 3 nitrogen and oxygen atoms in total. The Bertz CT molecular complexity index is 171. The monoisotopic (exact) mass is 215 g/mol. The highest BCUT2D eigenvalue weighted by molar-refractivity contribution is 4.72. The molecule has 15 heavy (non-hydrogen) atoms. The lowest BCUT2D eigenvalue weighted by Gasteiger charge is -2.27. The van der Waals surface area contributed by atoms with Crippen LogP contribution in [0.1, 0.15) is 40.0 Å². The SMILES string of the molecule is CC(C)(C)OCC(N)CC1CCOCC1. The molecule has 3 heteroatoms. The van der Waals surface area contributed by atoms with Crippen LogP contribution in [0.4, 0.5) is 0 Å². The Labute approximate surface area is 93.3 Å². The lowest BCUT2D eigenvalue weighted by atomic mass is 9.93. The minimum absolute atomic E-state index is 0.0761. The van der Waals surface area contributed by atoms with Crippen LogP contribution in [0.2, 0.25) is 0 Å². The van der Waals surface area contributed by atoms with E-state index in [9.17, 15) is 0 Å². The summed E-state index contributed by atoms with van der Waals surface area (Å²) >= 11 is 0. The highest BCUT2D eigenvalue weighted by Crippen LogP contribution is 2.20. The van der Waals surface area contributed by atoms with Gasteiger partial charge in [-0.05, 0) is 46.0 Å². The molecule has 1 aliphatic heterocycles. The van der Waals surface area contributed by atoms with Crippen molar-refractivity contribution in [3.8, 4) is 0 Å². The molecule has 90 valence electrons. The number of hydrogen-bond acceptors (Lipinski definition) is 3. The zero-order valence-electron chi connectivity index (χ0n) is 10.3. The van der Waals surface area contributed by atoms with Crippen LogP contribution in [0.15, 0.2) is 0 Å². The summed E-state index contributed by atoms with van der Waals surface area (Å²) in [6.07, 6.45) is 3.38. The molecule has 1 aliphatic rings. The summed E-state index contributed by atoms with van der Waals surface area (Å²) in [4.78, 5) is 0. The van der Waals surface area contributed by atoms with Crippen molar-refractivity contribution >= 4 is 0 Å². The molecule has 0 saturated carbocycles. The number of rotatable bonds is 4. The maximum absolute atomic E-state index is 6.05. The van der Waals surface area contributed by atoms with Crippen molar-refractivity contribution in [3.05, 3.63) is 0 Å². The van der Waals surface area contributed by atoms with E-state index in [0.717, 1.165) is 38.4 Å². The quantitative estimate of drug-likeness (QED) is 0.779. The summed E-state index contributed by atoms with van der Waals surface area (Å²) in [5.74, 6) is 0.734. The summed E-state index contributed by atoms with van der Waals surface area (Å²) in [6, 6.07) is 0.173. The second kappa shape index (κ2) is 5.83. The van der Waals surface area contributed by atoms with E-state index in [1.54, 1.807) is 0 Å². The minimum atomic E-state index is -0.0761. The first-order valence-corrected chi connectivity index (χ1v) is 5.94. The van der Waals surface area contributed by atoms with Gasteiger partial charge in [0.1, 0.15) is 0 Å². The molecule has 0 aromatic rings. The Balaban J connectivity index is 2.14. The minimum Gasteiger partial charge on any atom is -0.381 e. The predicted octanol–water partition coefficient (Wildman–Crippen LogP) is 1.95. The lowest BCUT2D eigenvalue weighted by Crippen LogP contribution is -2.34. The normalized spacial score (nSPS) is 21.6. The molecule has 1 saturated heterocycles. The maximum atomic E-state index is 6.05. The molecule has 1 rings (SSSR count). The predicted molar refractivity (Wildman–Crippen MR) is 61.8 cm³/mol. The molecule has 2 N–H and O–H groups in total. The standard InChI is InChI=1S/C12H25NO2/c1-12(2,3)15-9-11(13)8-10-4-6-14-7-5-10/h10-11H,4-9,13H2,1-3H3. The van der Waals surface area contributed by atoms with Gasteiger partial charge in [0, 0.05) is 19.3 Å². The smallest absolute Gasteiger partial charge is 0.0624 e. The molecular formula is C12H25NO2. The first-order chi connectivity index (χ1) is 6.97. The van der Waals surface area contributed by atoms with Gasteiger partial charge in [-0.15, -0.1) is 0 Å². The highest BCUT2D eigenvalue weighted by atomic mass is 16.5. The third-order valence-corrected chi connectivity index (χ3v) is 2.71. The summed E-state index contributed by atoms with van der Waals surface area (Å²) < 4.78 is 11.0. The molecule has 0 radical (unpaired) electrons. The van der Waals surface area contributed by atoms with Crippen LogP contribution >= 0.6 is 0 Å². The van der Waals surface area contributed by atoms with Crippen LogP contribution in [-0.4, -0.2) is 31.5 Å². The van der Waals surface area contributed by atoms with Crippen LogP contribution in [0.5, 0.6) is 0 Å². The second-order valence-electron chi connectivity index (χ2n) is 5.47. The molecule has 0 aromatic carbocycles. The van der Waals surface area contributed by atoms with Gasteiger partial charge in [-0.3, -0.25) is 0 Å². The Morgan fingerprint density at radius 2 is 1.93 bits per heavy atom. The topological polar surface area (TPSA) is 44.5 Å². The molecule has 0 aliphatic carbocycles. The van der Waals surface area contributed by atoms with Gasteiger partial charge in [-0.25, -0.2) is 0 Å². The average Bonchev–Trinajstić information content (AvgIpc) is 2.15. The van der Waals surface area contributed by atoms with E-state index in [4.69, 9.17) is 15.2 Å². The largest absolute Gasteiger partial charge is 0.381 e. The van der Waals surface area contributed by atoms with Crippen molar-refractivity contribution in [2.45, 2.75) is 51.7 Å². The van der Waals surface area contributed by atoms with Crippen LogP contribution in [-0.2, 0) is 9.47 Å². The molecule has 1 fully saturated rings. The molecule has 1 atom stereocenters. The molecule has 1 unspecified atom stereocenters. The van der Waals surface area contributed by atoms with Gasteiger partial charge in [-0.2, -0.15) is 0 Å². The zero-order valence-corrected chi connectivity index (χ0v) is 10.3. The van der Waals surface area contributed by atoms with Gasteiger partial charge in [0.15, 0.2) is 0 Å². The van der Waals surface area contributed by atoms with Crippen molar-refractivity contribution in [2.75, 3.05) is 19.8 Å². The third-order valence-electron chi connectivity index (χ3n) is 2.71. The van der Waals surface area contributed by atoms with Crippen molar-refractivity contribution in [1.29, 1.82) is 0 Å². The Morgan fingerprint density at radius 1 is 1.33 bits per heavy atom. The van der Waals surface area contributed by atoms with Gasteiger partial charge in [0.25, 0.3) is 0 Å². The molecule has 0 bridgehead atoms. The van der Waals surface area contributed by atoms with Crippen LogP contribution < -0.4 is 5.73 Å². The van der Waals surface area contributed by atoms with E-state index < -0.39 is 0 Å². The van der Waals surface area contributed by atoms with Gasteiger partial charge >= 0.3 is 0 Å². The molecule has 1 heterocycles. The first kappa shape index (κ1) is 12.9. The van der Waals surface area contributed by atoms with Crippen LogP contribution in [0.3, 0.4) is 0 Å². The van der Waals surface area contributed by atoms with Gasteiger partial charge in [0.2, 0.25) is 0 Å². The number of ether oxygens (including phenoxy) is 2. The van der Waals surface area contributed by atoms with E-state index in [-0.39, 0.29) is 11.6 Å². The van der Waals surface area contributed by atoms with E-state index >= 15 is 0 Å². The van der Waals surface area contributed by atoms with E-state index in [0.29, 0.717) is 6.61 Å². The molecule has 0 aromatic heterocycles. The van der Waals surface area contributed by atoms with E-state index in [1.165, 1.54) is 0 Å². The third kappa shape index (κ3) is 6.13. The van der Waals surface area contributed by atoms with Crippen molar-refractivity contribution < 1.29 is 9.47 Å². The van der Waals surface area contributed by atoms with Crippen LogP contribution in [0, 0.1) is 5.92 Å². The maximum Gasteiger partial charge on any atom is 0.0624 e. The Hall–Kier alpha value is -0.120. The highest BCUT2D eigenvalue weighted by Gasteiger charge is 2.19. The van der Waals surface area contributed by atoms with Crippen LogP contribution in [0.25, 0.3) is 0 Å². The average molecular weight is 215 g/mol.